The molecule has 0 bridgehead atoms. The SMILES string of the molecule is CCCCCCCCCCCCCCCCCC(=O)[O-].CCCCCCCCCCCCCCCCCCCCCC(=O)[O-].[Ca+2]. The molecular formula is C40H78CaO4. The molecule has 0 aliphatic rings. The van der Waals surface area contributed by atoms with E-state index >= 15 is 0 Å². The Hall–Kier alpha value is 0.200. The van der Waals surface area contributed by atoms with E-state index in [-0.39, 0.29) is 50.6 Å². The summed E-state index contributed by atoms with van der Waals surface area (Å²) < 4.78 is 0. The summed E-state index contributed by atoms with van der Waals surface area (Å²) in [6, 6.07) is 0. The van der Waals surface area contributed by atoms with Gasteiger partial charge < -0.3 is 19.8 Å². The molecule has 5 heteroatoms. The molecule has 0 spiro atoms. The molecule has 0 radical (unpaired) electrons. The number of carbonyl (C=O) groups excluding carboxylic acids is 2. The summed E-state index contributed by atoms with van der Waals surface area (Å²) in [5.41, 5.74) is 0. The fourth-order valence-electron chi connectivity index (χ4n) is 5.99. The first-order chi connectivity index (χ1) is 21.5. The Morgan fingerprint density at radius 1 is 0.289 bits per heavy atom. The van der Waals surface area contributed by atoms with E-state index in [1.807, 2.05) is 0 Å². The minimum Gasteiger partial charge on any atom is -0.550 e. The Morgan fingerprint density at radius 3 is 0.556 bits per heavy atom. The van der Waals surface area contributed by atoms with E-state index in [0.29, 0.717) is 0 Å². The third-order valence-electron chi connectivity index (χ3n) is 8.97. The van der Waals surface area contributed by atoms with Crippen molar-refractivity contribution in [1.82, 2.24) is 0 Å². The van der Waals surface area contributed by atoms with Crippen LogP contribution in [-0.4, -0.2) is 49.7 Å². The molecule has 4 nitrogen and oxygen atoms in total. The maximum Gasteiger partial charge on any atom is 2.00 e. The Morgan fingerprint density at radius 2 is 0.422 bits per heavy atom. The van der Waals surface area contributed by atoms with Crippen molar-refractivity contribution in [2.24, 2.45) is 0 Å². The van der Waals surface area contributed by atoms with Crippen LogP contribution in [0, 0.1) is 0 Å². The topological polar surface area (TPSA) is 80.3 Å². The van der Waals surface area contributed by atoms with Crippen LogP contribution in [0.3, 0.4) is 0 Å². The van der Waals surface area contributed by atoms with Gasteiger partial charge in [-0.25, -0.2) is 0 Å². The predicted molar refractivity (Wildman–Crippen MR) is 193 cm³/mol. The summed E-state index contributed by atoms with van der Waals surface area (Å²) in [6.45, 7) is 4.55. The van der Waals surface area contributed by atoms with Gasteiger partial charge in [0, 0.05) is 11.9 Å². The monoisotopic (exact) mass is 663 g/mol. The van der Waals surface area contributed by atoms with E-state index in [1.165, 1.54) is 193 Å². The van der Waals surface area contributed by atoms with Crippen molar-refractivity contribution in [3.05, 3.63) is 0 Å². The molecule has 0 heterocycles. The molecule has 0 saturated carbocycles. The van der Waals surface area contributed by atoms with Crippen molar-refractivity contribution in [2.75, 3.05) is 0 Å². The largest absolute Gasteiger partial charge is 2.00 e. The Labute approximate surface area is 312 Å². The second-order valence-corrected chi connectivity index (χ2v) is 13.6. The maximum atomic E-state index is 10.3. The molecule has 0 aromatic rings. The van der Waals surface area contributed by atoms with Crippen LogP contribution in [-0.2, 0) is 9.59 Å². The fraction of sp³-hybridized carbons (Fsp3) is 0.950. The summed E-state index contributed by atoms with van der Waals surface area (Å²) >= 11 is 0. The molecule has 264 valence electrons. The van der Waals surface area contributed by atoms with Gasteiger partial charge in [0.15, 0.2) is 0 Å². The number of carboxylic acids is 2. The van der Waals surface area contributed by atoms with Gasteiger partial charge in [-0.2, -0.15) is 0 Å². The standard InChI is InChI=1S/C22H44O2.C18H36O2.Ca/c1-2-3-4-5-6-7-8-9-10-11-12-13-14-15-16-17-18-19-20-21-22(23)24;1-2-3-4-5-6-7-8-9-10-11-12-13-14-15-16-17-18(19)20;/h2-21H2,1H3,(H,23,24);2-17H2,1H3,(H,19,20);/q;;+2/p-2. The Kier molecular flexibility index (Phi) is 51.0. The van der Waals surface area contributed by atoms with Gasteiger partial charge in [-0.05, 0) is 25.7 Å². The van der Waals surface area contributed by atoms with Gasteiger partial charge in [-0.3, -0.25) is 0 Å². The number of aliphatic carboxylic acids is 2. The van der Waals surface area contributed by atoms with Crippen LogP contribution in [0.1, 0.15) is 245 Å². The van der Waals surface area contributed by atoms with Gasteiger partial charge in [0.2, 0.25) is 0 Å². The molecule has 0 aromatic heterocycles. The predicted octanol–water partition coefficient (Wildman–Crippen LogP) is 11.2. The van der Waals surface area contributed by atoms with Gasteiger partial charge in [0.1, 0.15) is 0 Å². The summed E-state index contributed by atoms with van der Waals surface area (Å²) in [6.07, 6.45) is 45.6. The Bertz CT molecular complexity index is 554. The van der Waals surface area contributed by atoms with Crippen LogP contribution in [0.5, 0.6) is 0 Å². The van der Waals surface area contributed by atoms with Crippen LogP contribution in [0.2, 0.25) is 0 Å². The smallest absolute Gasteiger partial charge is 0.550 e. The fourth-order valence-corrected chi connectivity index (χ4v) is 5.99. The first-order valence-corrected chi connectivity index (χ1v) is 19.9. The molecule has 0 unspecified atom stereocenters. The molecular weight excluding hydrogens is 585 g/mol. The third kappa shape index (κ3) is 53.9. The Balaban J connectivity index is -0.000000779. The molecule has 0 aromatic carbocycles. The minimum atomic E-state index is -0.903. The number of hydrogen-bond donors (Lipinski definition) is 0. The molecule has 0 N–H and O–H groups in total. The summed E-state index contributed by atoms with van der Waals surface area (Å²) in [5.74, 6) is -1.80. The molecule has 0 saturated heterocycles. The van der Waals surface area contributed by atoms with Crippen molar-refractivity contribution in [3.8, 4) is 0 Å². The average molecular weight is 663 g/mol. The van der Waals surface area contributed by atoms with E-state index in [4.69, 9.17) is 0 Å². The van der Waals surface area contributed by atoms with Gasteiger partial charge in [0.25, 0.3) is 0 Å². The zero-order valence-corrected chi connectivity index (χ0v) is 33.0. The quantitative estimate of drug-likeness (QED) is 0.0494. The van der Waals surface area contributed by atoms with Gasteiger partial charge in [-0.15, -0.1) is 0 Å². The molecule has 45 heavy (non-hydrogen) atoms. The number of rotatable bonds is 36. The van der Waals surface area contributed by atoms with Crippen molar-refractivity contribution in [1.29, 1.82) is 0 Å². The molecule has 0 atom stereocenters. The first kappa shape index (κ1) is 49.6. The van der Waals surface area contributed by atoms with Gasteiger partial charge in [0.05, 0.1) is 0 Å². The maximum absolute atomic E-state index is 10.3. The summed E-state index contributed by atoms with van der Waals surface area (Å²) in [5, 5.41) is 20.5. The normalized spacial score (nSPS) is 10.7. The summed E-state index contributed by atoms with van der Waals surface area (Å²) in [4.78, 5) is 20.5. The molecule has 0 rings (SSSR count). The van der Waals surface area contributed by atoms with E-state index in [1.54, 1.807) is 0 Å². The van der Waals surface area contributed by atoms with Crippen LogP contribution < -0.4 is 10.2 Å². The number of hydrogen-bond acceptors (Lipinski definition) is 4. The van der Waals surface area contributed by atoms with Crippen LogP contribution in [0.4, 0.5) is 0 Å². The average Bonchev–Trinajstić information content (AvgIpc) is 3.00. The minimum absolute atomic E-state index is 0. The van der Waals surface area contributed by atoms with Crippen LogP contribution in [0.25, 0.3) is 0 Å². The van der Waals surface area contributed by atoms with Crippen LogP contribution >= 0.6 is 0 Å². The van der Waals surface area contributed by atoms with E-state index in [9.17, 15) is 19.8 Å². The van der Waals surface area contributed by atoms with E-state index < -0.39 is 11.9 Å². The molecule has 0 aliphatic carbocycles. The van der Waals surface area contributed by atoms with E-state index in [2.05, 4.69) is 13.8 Å². The number of carboxylic acid groups (broad SMARTS) is 2. The second-order valence-electron chi connectivity index (χ2n) is 13.6. The first-order valence-electron chi connectivity index (χ1n) is 19.9. The van der Waals surface area contributed by atoms with Gasteiger partial charge >= 0.3 is 37.7 Å². The van der Waals surface area contributed by atoms with Gasteiger partial charge in [-0.1, -0.05) is 219 Å². The van der Waals surface area contributed by atoms with Crippen molar-refractivity contribution in [2.45, 2.75) is 245 Å². The zero-order chi connectivity index (χ0) is 32.6. The second kappa shape index (κ2) is 46.3. The number of unbranched alkanes of at least 4 members (excludes halogenated alkanes) is 32. The van der Waals surface area contributed by atoms with Crippen molar-refractivity contribution >= 4 is 49.7 Å². The molecule has 0 aliphatic heterocycles. The molecule has 0 fully saturated rings. The van der Waals surface area contributed by atoms with Crippen molar-refractivity contribution < 1.29 is 19.8 Å². The number of carbonyl (C=O) groups is 2. The van der Waals surface area contributed by atoms with E-state index in [0.717, 1.165) is 25.7 Å². The third-order valence-corrected chi connectivity index (χ3v) is 8.97. The molecule has 0 amide bonds. The van der Waals surface area contributed by atoms with Crippen molar-refractivity contribution in [3.63, 3.8) is 0 Å². The summed E-state index contributed by atoms with van der Waals surface area (Å²) in [7, 11) is 0. The zero-order valence-electron chi connectivity index (χ0n) is 30.8. The van der Waals surface area contributed by atoms with Crippen LogP contribution in [0.15, 0.2) is 0 Å².